The highest BCUT2D eigenvalue weighted by molar-refractivity contribution is 6.27. The van der Waals surface area contributed by atoms with Crippen molar-refractivity contribution in [2.45, 2.75) is 13.8 Å². The van der Waals surface area contributed by atoms with Crippen LogP contribution in [0.5, 0.6) is 0 Å². The summed E-state index contributed by atoms with van der Waals surface area (Å²) in [5, 5.41) is 18.1. The molecule has 0 heterocycles. The van der Waals surface area contributed by atoms with E-state index in [1.807, 2.05) is 13.8 Å². The standard InChI is InChI=1S/C16H10F2N2O/c1-8(2)3-12-15(9(6-19)7-20)10-4-13(17)14(18)5-11(10)16(12)21/h3-5,8H,1-2H3/b12-3-. The lowest BCUT2D eigenvalue weighted by Crippen LogP contribution is -1.98. The number of nitrogens with zero attached hydrogens (tertiary/aromatic N) is 2. The van der Waals surface area contributed by atoms with Crippen molar-refractivity contribution in [1.82, 2.24) is 0 Å². The average Bonchev–Trinajstić information content (AvgIpc) is 2.66. The number of rotatable bonds is 1. The third-order valence-electron chi connectivity index (χ3n) is 3.06. The molecule has 0 saturated heterocycles. The Morgan fingerprint density at radius 3 is 2.14 bits per heavy atom. The molecule has 0 spiro atoms. The Morgan fingerprint density at radius 2 is 1.67 bits per heavy atom. The Labute approximate surface area is 120 Å². The number of fused-ring (bicyclic) bond motifs is 1. The van der Waals surface area contributed by atoms with E-state index in [0.29, 0.717) is 0 Å². The lowest BCUT2D eigenvalue weighted by Gasteiger charge is -2.03. The smallest absolute Gasteiger partial charge is 0.194 e. The summed E-state index contributed by atoms with van der Waals surface area (Å²) in [5.74, 6) is -2.79. The van der Waals surface area contributed by atoms with Gasteiger partial charge in [-0.25, -0.2) is 8.78 Å². The van der Waals surface area contributed by atoms with Crippen molar-refractivity contribution in [2.24, 2.45) is 5.92 Å². The van der Waals surface area contributed by atoms with Crippen LogP contribution in [0.3, 0.4) is 0 Å². The minimum atomic E-state index is -1.14. The molecule has 1 aromatic carbocycles. The van der Waals surface area contributed by atoms with E-state index in [1.54, 1.807) is 18.2 Å². The zero-order chi connectivity index (χ0) is 15.7. The number of Topliss-reactive ketones (excluding diaryl/α,β-unsaturated/α-hetero) is 1. The molecule has 2 rings (SSSR count). The molecule has 5 heteroatoms. The Hall–Kier alpha value is -2.79. The maximum atomic E-state index is 13.4. The predicted molar refractivity (Wildman–Crippen MR) is 71.8 cm³/mol. The number of benzene rings is 1. The number of carbonyl (C=O) groups excluding carboxylic acids is 1. The van der Waals surface area contributed by atoms with Crippen LogP contribution in [0, 0.1) is 40.2 Å². The van der Waals surface area contributed by atoms with Gasteiger partial charge in [0.05, 0.1) is 0 Å². The molecular formula is C16H10F2N2O. The number of hydrogen-bond acceptors (Lipinski definition) is 3. The van der Waals surface area contributed by atoms with Crippen LogP contribution in [-0.2, 0) is 0 Å². The summed E-state index contributed by atoms with van der Waals surface area (Å²) < 4.78 is 26.8. The second-order valence-electron chi connectivity index (χ2n) is 4.94. The van der Waals surface area contributed by atoms with Gasteiger partial charge in [0.25, 0.3) is 0 Å². The SMILES string of the molecule is CC(C)/C=C1\C(=O)c2cc(F)c(F)cc2C1=C(C#N)C#N. The number of nitriles is 2. The molecule has 0 aromatic heterocycles. The quantitative estimate of drug-likeness (QED) is 0.585. The van der Waals surface area contributed by atoms with Crippen LogP contribution in [0.1, 0.15) is 29.8 Å². The molecule has 104 valence electrons. The lowest BCUT2D eigenvalue weighted by atomic mass is 9.97. The number of allylic oxidation sites excluding steroid dienone is 4. The van der Waals surface area contributed by atoms with Gasteiger partial charge in [-0.15, -0.1) is 0 Å². The molecule has 3 nitrogen and oxygen atoms in total. The first-order valence-corrected chi connectivity index (χ1v) is 6.21. The Morgan fingerprint density at radius 1 is 1.14 bits per heavy atom. The van der Waals surface area contributed by atoms with Gasteiger partial charge in [0.1, 0.15) is 17.7 Å². The van der Waals surface area contributed by atoms with E-state index in [1.165, 1.54) is 0 Å². The Bertz CT molecular complexity index is 774. The van der Waals surface area contributed by atoms with Crippen molar-refractivity contribution in [2.75, 3.05) is 0 Å². The maximum absolute atomic E-state index is 13.4. The van der Waals surface area contributed by atoms with Crippen LogP contribution in [-0.4, -0.2) is 5.78 Å². The van der Waals surface area contributed by atoms with E-state index in [-0.39, 0.29) is 33.8 Å². The number of hydrogen-bond donors (Lipinski definition) is 0. The molecule has 1 aliphatic rings. The Balaban J connectivity index is 2.88. The van der Waals surface area contributed by atoms with Gasteiger partial charge in [0.2, 0.25) is 0 Å². The summed E-state index contributed by atoms with van der Waals surface area (Å²) in [7, 11) is 0. The normalized spacial score (nSPS) is 15.1. The van der Waals surface area contributed by atoms with Crippen molar-refractivity contribution < 1.29 is 13.6 Å². The van der Waals surface area contributed by atoms with Crippen molar-refractivity contribution in [3.05, 3.63) is 52.1 Å². The van der Waals surface area contributed by atoms with Gasteiger partial charge in [-0.3, -0.25) is 4.79 Å². The van der Waals surface area contributed by atoms with Crippen LogP contribution in [0.25, 0.3) is 5.57 Å². The van der Waals surface area contributed by atoms with Gasteiger partial charge in [0.15, 0.2) is 17.4 Å². The molecule has 0 unspecified atom stereocenters. The summed E-state index contributed by atoms with van der Waals surface area (Å²) in [6.07, 6.45) is 1.59. The first kappa shape index (κ1) is 14.6. The van der Waals surface area contributed by atoms with Crippen LogP contribution < -0.4 is 0 Å². The average molecular weight is 284 g/mol. The minimum absolute atomic E-state index is 0.0263. The van der Waals surface area contributed by atoms with Crippen molar-refractivity contribution in [1.29, 1.82) is 10.5 Å². The predicted octanol–water partition coefficient (Wildman–Crippen LogP) is 3.54. The lowest BCUT2D eigenvalue weighted by molar-refractivity contribution is 0.104. The van der Waals surface area contributed by atoms with Gasteiger partial charge in [0, 0.05) is 16.7 Å². The second-order valence-corrected chi connectivity index (χ2v) is 4.94. The van der Waals surface area contributed by atoms with Crippen molar-refractivity contribution in [3.8, 4) is 12.1 Å². The van der Waals surface area contributed by atoms with Gasteiger partial charge < -0.3 is 0 Å². The van der Waals surface area contributed by atoms with Crippen LogP contribution in [0.4, 0.5) is 8.78 Å². The van der Waals surface area contributed by atoms with Gasteiger partial charge in [-0.1, -0.05) is 19.9 Å². The summed E-state index contributed by atoms with van der Waals surface area (Å²) in [5.41, 5.74) is -0.0154. The zero-order valence-electron chi connectivity index (χ0n) is 11.4. The molecule has 0 radical (unpaired) electrons. The van der Waals surface area contributed by atoms with Crippen LogP contribution >= 0.6 is 0 Å². The highest BCUT2D eigenvalue weighted by Crippen LogP contribution is 2.40. The van der Waals surface area contributed by atoms with E-state index in [2.05, 4.69) is 0 Å². The summed E-state index contributed by atoms with van der Waals surface area (Å²) in [4.78, 5) is 12.3. The van der Waals surface area contributed by atoms with Gasteiger partial charge in [-0.05, 0) is 23.6 Å². The molecular weight excluding hydrogens is 274 g/mol. The fourth-order valence-corrected chi connectivity index (χ4v) is 2.24. The molecule has 0 saturated carbocycles. The molecule has 0 bridgehead atoms. The minimum Gasteiger partial charge on any atom is -0.289 e. The van der Waals surface area contributed by atoms with Crippen molar-refractivity contribution in [3.63, 3.8) is 0 Å². The third-order valence-corrected chi connectivity index (χ3v) is 3.06. The highest BCUT2D eigenvalue weighted by atomic mass is 19.2. The van der Waals surface area contributed by atoms with Crippen LogP contribution in [0.2, 0.25) is 0 Å². The fourth-order valence-electron chi connectivity index (χ4n) is 2.24. The van der Waals surface area contributed by atoms with E-state index >= 15 is 0 Å². The Kier molecular flexibility index (Phi) is 3.69. The first-order valence-electron chi connectivity index (χ1n) is 6.21. The van der Waals surface area contributed by atoms with E-state index < -0.39 is 17.4 Å². The van der Waals surface area contributed by atoms with Crippen LogP contribution in [0.15, 0.2) is 29.4 Å². The number of ketones is 1. The third kappa shape index (κ3) is 2.34. The molecule has 0 N–H and O–H groups in total. The molecule has 1 aromatic rings. The number of halogens is 2. The molecule has 0 aliphatic heterocycles. The molecule has 0 fully saturated rings. The van der Waals surface area contributed by atoms with E-state index in [9.17, 15) is 13.6 Å². The maximum Gasteiger partial charge on any atom is 0.194 e. The van der Waals surface area contributed by atoms with E-state index in [0.717, 1.165) is 12.1 Å². The molecule has 0 atom stereocenters. The first-order chi connectivity index (χ1) is 9.90. The fraction of sp³-hybridized carbons (Fsp3) is 0.188. The van der Waals surface area contributed by atoms with Gasteiger partial charge in [-0.2, -0.15) is 10.5 Å². The summed E-state index contributed by atoms with van der Waals surface area (Å²) in [6.45, 7) is 3.64. The van der Waals surface area contributed by atoms with E-state index in [4.69, 9.17) is 10.5 Å². The van der Waals surface area contributed by atoms with Crippen molar-refractivity contribution >= 4 is 11.4 Å². The van der Waals surface area contributed by atoms with Gasteiger partial charge >= 0.3 is 0 Å². The highest BCUT2D eigenvalue weighted by Gasteiger charge is 2.34. The number of carbonyl (C=O) groups is 1. The summed E-state index contributed by atoms with van der Waals surface area (Å²) in [6, 6.07) is 5.06. The largest absolute Gasteiger partial charge is 0.289 e. The summed E-state index contributed by atoms with van der Waals surface area (Å²) >= 11 is 0. The molecule has 21 heavy (non-hydrogen) atoms. The monoisotopic (exact) mass is 284 g/mol. The topological polar surface area (TPSA) is 64.7 Å². The second kappa shape index (κ2) is 5.30. The zero-order valence-corrected chi connectivity index (χ0v) is 11.4. The molecule has 0 amide bonds. The molecule has 1 aliphatic carbocycles.